The van der Waals surface area contributed by atoms with Crippen molar-refractivity contribution in [2.45, 2.75) is 16.7 Å². The maximum Gasteiger partial charge on any atom is 0.296 e. The van der Waals surface area contributed by atoms with Gasteiger partial charge >= 0.3 is 0 Å². The number of rotatable bonds is 7. The normalized spacial score (nSPS) is 12.6. The summed E-state index contributed by atoms with van der Waals surface area (Å²) in [5.74, 6) is -1.01. The molecule has 0 amide bonds. The van der Waals surface area contributed by atoms with Crippen LogP contribution < -0.4 is 0 Å². The number of phenols is 1. The zero-order valence-electron chi connectivity index (χ0n) is 23.5. The van der Waals surface area contributed by atoms with Crippen LogP contribution in [0.3, 0.4) is 0 Å². The predicted octanol–water partition coefficient (Wildman–Crippen LogP) is 6.62. The highest BCUT2D eigenvalue weighted by atomic mass is 32.2. The van der Waals surface area contributed by atoms with Crippen LogP contribution >= 0.6 is 0 Å². The summed E-state index contributed by atoms with van der Waals surface area (Å²) in [6, 6.07) is 19.1. The number of hydrogen-bond acceptors (Lipinski definition) is 12. The fraction of sp³-hybridized carbons (Fsp3) is 0.0345. The Labute approximate surface area is 260 Å². The van der Waals surface area contributed by atoms with Crippen molar-refractivity contribution in [1.29, 1.82) is 0 Å². The van der Waals surface area contributed by atoms with Gasteiger partial charge in [0.2, 0.25) is 5.88 Å². The number of hydrogen-bond donors (Lipinski definition) is 4. The highest BCUT2D eigenvalue weighted by molar-refractivity contribution is 7.86. The Bertz CT molecular complexity index is 2460. The topological polar surface area (TPSA) is 229 Å². The third-order valence-corrected chi connectivity index (χ3v) is 8.57. The first-order chi connectivity index (χ1) is 21.8. The van der Waals surface area contributed by atoms with E-state index in [0.717, 1.165) is 28.3 Å². The number of aromatic hydroxyl groups is 2. The van der Waals surface area contributed by atoms with Gasteiger partial charge in [0.25, 0.3) is 20.2 Å². The molecular weight excluding hydrogens is 638 g/mol. The molecule has 232 valence electrons. The minimum absolute atomic E-state index is 0.0110. The van der Waals surface area contributed by atoms with Gasteiger partial charge in [0.1, 0.15) is 16.3 Å². The molecule has 46 heavy (non-hydrogen) atoms. The second-order valence-corrected chi connectivity index (χ2v) is 12.7. The minimum atomic E-state index is -4.84. The van der Waals surface area contributed by atoms with Gasteiger partial charge in [0.05, 0.1) is 27.5 Å². The number of nitrogens with zero attached hydrogens (tertiary/aromatic N) is 7. The van der Waals surface area contributed by atoms with Crippen LogP contribution in [-0.2, 0) is 20.2 Å². The van der Waals surface area contributed by atoms with E-state index in [2.05, 4.69) is 30.5 Å². The second kappa shape index (κ2) is 11.4. The number of fused-ring (bicyclic) bond motifs is 2. The van der Waals surface area contributed by atoms with Gasteiger partial charge < -0.3 is 10.2 Å². The Kier molecular flexibility index (Phi) is 7.53. The van der Waals surface area contributed by atoms with Crippen molar-refractivity contribution >= 4 is 64.7 Å². The van der Waals surface area contributed by atoms with Gasteiger partial charge in [-0.05, 0) is 66.9 Å². The average molecular weight is 660 g/mol. The molecule has 0 aliphatic rings. The first-order valence-corrected chi connectivity index (χ1v) is 16.0. The Morgan fingerprint density at radius 2 is 1.46 bits per heavy atom. The van der Waals surface area contributed by atoms with Crippen LogP contribution in [0.15, 0.2) is 115 Å². The van der Waals surface area contributed by atoms with Crippen LogP contribution in [0.5, 0.6) is 11.6 Å². The maximum atomic E-state index is 12.3. The minimum Gasteiger partial charge on any atom is -0.505 e. The van der Waals surface area contributed by atoms with E-state index in [-0.39, 0.29) is 38.4 Å². The molecule has 17 heteroatoms. The van der Waals surface area contributed by atoms with Crippen LogP contribution in [-0.4, -0.2) is 50.9 Å². The zero-order chi connectivity index (χ0) is 32.8. The summed E-state index contributed by atoms with van der Waals surface area (Å²) in [6.45, 7) is 1.56. The van der Waals surface area contributed by atoms with E-state index in [0.29, 0.717) is 11.2 Å². The number of pyridine rings is 1. The molecule has 6 aromatic rings. The van der Waals surface area contributed by atoms with Crippen LogP contribution in [0.25, 0.3) is 27.4 Å². The molecule has 0 unspecified atom stereocenters. The van der Waals surface area contributed by atoms with Crippen molar-refractivity contribution in [3.8, 4) is 17.3 Å². The van der Waals surface area contributed by atoms with Crippen molar-refractivity contribution in [3.05, 3.63) is 90.8 Å². The Balaban J connectivity index is 1.38. The quantitative estimate of drug-likeness (QED) is 0.106. The first kappa shape index (κ1) is 30.4. The van der Waals surface area contributed by atoms with Gasteiger partial charge in [-0.25, -0.2) is 0 Å². The van der Waals surface area contributed by atoms with Crippen molar-refractivity contribution in [3.63, 3.8) is 0 Å². The molecule has 2 heterocycles. The SMILES string of the molecule is Cc1nn(-c2ccc(S(=O)(=O)O)cc2)c(O)c1N=Nc1ccc2cc(S(=O)(=O)O)c(N=Nc3cccc4cccnc34)c(O)c2c1. The van der Waals surface area contributed by atoms with E-state index in [1.54, 1.807) is 31.3 Å². The highest BCUT2D eigenvalue weighted by Gasteiger charge is 2.23. The first-order valence-electron chi connectivity index (χ1n) is 13.1. The van der Waals surface area contributed by atoms with Crippen LogP contribution in [0.4, 0.5) is 22.7 Å². The maximum absolute atomic E-state index is 12.3. The van der Waals surface area contributed by atoms with Gasteiger partial charge in [-0.1, -0.05) is 24.3 Å². The smallest absolute Gasteiger partial charge is 0.296 e. The van der Waals surface area contributed by atoms with E-state index in [1.165, 1.54) is 30.3 Å². The number of para-hydroxylation sites is 1. The lowest BCUT2D eigenvalue weighted by atomic mass is 10.1. The lowest BCUT2D eigenvalue weighted by molar-refractivity contribution is 0.434. The standard InChI is InChI=1S/C29H21N7O8S2/c1-16-25(29(38)36(35-16)20-9-11-21(12-10-20)45(39,40)41)33-31-19-8-7-18-14-24(46(42,43)44)27(28(37)22(18)15-19)34-32-23-6-2-4-17-5-3-13-30-26(17)23/h2-15,37-38H,1H3,(H,39,40,41)(H,42,43,44). The monoisotopic (exact) mass is 659 g/mol. The molecule has 0 aliphatic heterocycles. The summed E-state index contributed by atoms with van der Waals surface area (Å²) in [5, 5.41) is 43.6. The van der Waals surface area contributed by atoms with Crippen LogP contribution in [0, 0.1) is 6.92 Å². The van der Waals surface area contributed by atoms with E-state index in [1.807, 2.05) is 12.1 Å². The summed E-state index contributed by atoms with van der Waals surface area (Å²) in [7, 11) is -9.25. The average Bonchev–Trinajstić information content (AvgIpc) is 3.31. The highest BCUT2D eigenvalue weighted by Crippen LogP contribution is 2.43. The fourth-order valence-electron chi connectivity index (χ4n) is 4.63. The van der Waals surface area contributed by atoms with Crippen LogP contribution in [0.1, 0.15) is 5.69 Å². The van der Waals surface area contributed by atoms with Crippen molar-refractivity contribution in [1.82, 2.24) is 14.8 Å². The largest absolute Gasteiger partial charge is 0.505 e. The summed E-state index contributed by atoms with van der Waals surface area (Å²) >= 11 is 0. The van der Waals surface area contributed by atoms with E-state index in [4.69, 9.17) is 0 Å². The molecule has 0 aliphatic carbocycles. The van der Waals surface area contributed by atoms with Gasteiger partial charge in [-0.3, -0.25) is 14.1 Å². The van der Waals surface area contributed by atoms with Gasteiger partial charge in [-0.2, -0.15) is 31.7 Å². The molecule has 0 fully saturated rings. The Hall–Kier alpha value is -5.62. The molecule has 0 atom stereocenters. The molecular formula is C29H21N7O8S2. The third-order valence-electron chi connectivity index (χ3n) is 6.83. The molecule has 2 aromatic heterocycles. The third kappa shape index (κ3) is 5.77. The van der Waals surface area contributed by atoms with Crippen molar-refractivity contribution in [2.24, 2.45) is 20.5 Å². The molecule has 6 rings (SSSR count). The Morgan fingerprint density at radius 3 is 2.17 bits per heavy atom. The molecule has 4 aromatic carbocycles. The number of aryl methyl sites for hydroxylation is 1. The van der Waals surface area contributed by atoms with Crippen LogP contribution in [0.2, 0.25) is 0 Å². The molecule has 0 saturated heterocycles. The molecule has 0 spiro atoms. The number of phenolic OH excluding ortho intramolecular Hbond substituents is 1. The predicted molar refractivity (Wildman–Crippen MR) is 165 cm³/mol. The molecule has 0 saturated carbocycles. The van der Waals surface area contributed by atoms with E-state index < -0.39 is 42.4 Å². The number of azo groups is 2. The Morgan fingerprint density at radius 1 is 0.739 bits per heavy atom. The summed E-state index contributed by atoms with van der Waals surface area (Å²) in [5.41, 5.74) is 1.00. The fourth-order valence-corrected chi connectivity index (χ4v) is 5.77. The summed E-state index contributed by atoms with van der Waals surface area (Å²) < 4.78 is 67.4. The van der Waals surface area contributed by atoms with Crippen molar-refractivity contribution in [2.75, 3.05) is 0 Å². The summed E-state index contributed by atoms with van der Waals surface area (Å²) in [4.78, 5) is 3.28. The van der Waals surface area contributed by atoms with E-state index >= 15 is 0 Å². The summed E-state index contributed by atoms with van der Waals surface area (Å²) in [6.07, 6.45) is 1.56. The lowest BCUT2D eigenvalue weighted by Crippen LogP contribution is -2.00. The molecule has 4 N–H and O–H groups in total. The van der Waals surface area contributed by atoms with Gasteiger partial charge in [0.15, 0.2) is 11.4 Å². The van der Waals surface area contributed by atoms with Gasteiger partial charge in [0, 0.05) is 17.0 Å². The molecule has 0 radical (unpaired) electrons. The molecule has 0 bridgehead atoms. The number of benzene rings is 4. The zero-order valence-corrected chi connectivity index (χ0v) is 25.1. The van der Waals surface area contributed by atoms with Gasteiger partial charge in [-0.15, -0.1) is 15.3 Å². The van der Waals surface area contributed by atoms with Crippen molar-refractivity contribution < 1.29 is 36.2 Å². The van der Waals surface area contributed by atoms with E-state index in [9.17, 15) is 36.2 Å². The molecule has 15 nitrogen and oxygen atoms in total. The number of aromatic nitrogens is 3. The second-order valence-electron chi connectivity index (χ2n) is 9.84. The lowest BCUT2D eigenvalue weighted by Gasteiger charge is -2.09.